The Labute approximate surface area is 162 Å². The van der Waals surface area contributed by atoms with Gasteiger partial charge in [0.15, 0.2) is 0 Å². The van der Waals surface area contributed by atoms with E-state index in [4.69, 9.17) is 11.1 Å². The Bertz CT molecular complexity index is 1000. The summed E-state index contributed by atoms with van der Waals surface area (Å²) >= 11 is 0. The van der Waals surface area contributed by atoms with Gasteiger partial charge in [0.2, 0.25) is 5.91 Å². The summed E-state index contributed by atoms with van der Waals surface area (Å²) in [7, 11) is 0. The van der Waals surface area contributed by atoms with Crippen molar-refractivity contribution in [3.8, 4) is 0 Å². The molecule has 0 atom stereocenters. The van der Waals surface area contributed by atoms with Gasteiger partial charge in [0, 0.05) is 66.6 Å². The smallest absolute Gasteiger partial charge is 0.248 e. The molecule has 0 bridgehead atoms. The maximum atomic E-state index is 12.2. The van der Waals surface area contributed by atoms with E-state index < -0.39 is 0 Å². The molecule has 140 valence electrons. The Morgan fingerprint density at radius 3 is 2.68 bits per heavy atom. The molecule has 0 aliphatic heterocycles. The van der Waals surface area contributed by atoms with Gasteiger partial charge in [-0.1, -0.05) is 12.1 Å². The number of anilines is 1. The predicted molar refractivity (Wildman–Crippen MR) is 111 cm³/mol. The fourth-order valence-electron chi connectivity index (χ4n) is 2.65. The minimum atomic E-state index is -0.259. The molecule has 0 saturated heterocycles. The summed E-state index contributed by atoms with van der Waals surface area (Å²) in [6, 6.07) is 9.39. The van der Waals surface area contributed by atoms with Crippen LogP contribution in [0.1, 0.15) is 16.7 Å². The summed E-state index contributed by atoms with van der Waals surface area (Å²) in [5, 5.41) is 10.3. The Balaban J connectivity index is 1.65. The van der Waals surface area contributed by atoms with Gasteiger partial charge in [-0.25, -0.2) is 4.98 Å². The number of amides is 1. The van der Waals surface area contributed by atoms with E-state index in [9.17, 15) is 4.79 Å². The molecular weight excluding hydrogens is 352 g/mol. The number of benzene rings is 1. The Hall–Kier alpha value is -4.00. The molecule has 0 aliphatic carbocycles. The van der Waals surface area contributed by atoms with Crippen LogP contribution in [-0.2, 0) is 11.3 Å². The Morgan fingerprint density at radius 1 is 1.18 bits per heavy atom. The molecule has 3 aromatic rings. The van der Waals surface area contributed by atoms with Crippen LogP contribution in [0.3, 0.4) is 0 Å². The molecule has 0 unspecified atom stereocenters. The summed E-state index contributed by atoms with van der Waals surface area (Å²) in [5.74, 6) is -0.259. The average Bonchev–Trinajstić information content (AvgIpc) is 3.23. The van der Waals surface area contributed by atoms with Crippen molar-refractivity contribution < 1.29 is 4.79 Å². The molecule has 0 aliphatic rings. The lowest BCUT2D eigenvalue weighted by atomic mass is 10.0. The van der Waals surface area contributed by atoms with Crippen molar-refractivity contribution in [2.45, 2.75) is 6.54 Å². The van der Waals surface area contributed by atoms with Crippen molar-refractivity contribution in [1.29, 1.82) is 5.41 Å². The number of nitrogens with one attached hydrogen (secondary N) is 2. The normalized spacial score (nSPS) is 11.5. The number of nitrogens with zero attached hydrogens (tertiary/aromatic N) is 3. The second kappa shape index (κ2) is 9.09. The fourth-order valence-corrected chi connectivity index (χ4v) is 2.65. The maximum absolute atomic E-state index is 12.2. The summed E-state index contributed by atoms with van der Waals surface area (Å²) in [4.78, 5) is 20.3. The van der Waals surface area contributed by atoms with Gasteiger partial charge < -0.3 is 21.0 Å². The quantitative estimate of drug-likeness (QED) is 0.437. The third kappa shape index (κ3) is 4.79. The first-order valence-electron chi connectivity index (χ1n) is 8.60. The van der Waals surface area contributed by atoms with E-state index in [2.05, 4.69) is 15.3 Å². The molecule has 0 fully saturated rings. The number of allylic oxidation sites excluding steroid dienone is 1. The average molecular weight is 372 g/mol. The van der Waals surface area contributed by atoms with Gasteiger partial charge in [-0.15, -0.1) is 0 Å². The topological polar surface area (TPSA) is 110 Å². The number of aromatic nitrogens is 3. The molecule has 2 aromatic heterocycles. The van der Waals surface area contributed by atoms with Gasteiger partial charge in [0.1, 0.15) is 0 Å². The van der Waals surface area contributed by atoms with Crippen LogP contribution in [0.4, 0.5) is 5.69 Å². The Kier molecular flexibility index (Phi) is 6.10. The highest BCUT2D eigenvalue weighted by Crippen LogP contribution is 2.17. The van der Waals surface area contributed by atoms with Gasteiger partial charge in [0.25, 0.3) is 0 Å². The highest BCUT2D eigenvalue weighted by atomic mass is 16.1. The molecule has 28 heavy (non-hydrogen) atoms. The molecule has 0 saturated carbocycles. The molecule has 7 heteroatoms. The van der Waals surface area contributed by atoms with Gasteiger partial charge in [0.05, 0.1) is 6.33 Å². The SMILES string of the molecule is N=CC(=CN)c1ccncc1/C=C/C(=O)Nc1ccc(Cn2ccnc2)cc1. The molecule has 1 amide bonds. The van der Waals surface area contributed by atoms with Crippen molar-refractivity contribution in [1.82, 2.24) is 14.5 Å². The van der Waals surface area contributed by atoms with Crippen LogP contribution in [0.25, 0.3) is 11.6 Å². The van der Waals surface area contributed by atoms with E-state index in [1.807, 2.05) is 35.0 Å². The highest BCUT2D eigenvalue weighted by Gasteiger charge is 2.05. The summed E-state index contributed by atoms with van der Waals surface area (Å²) in [6.07, 6.45) is 14.2. The predicted octanol–water partition coefficient (Wildman–Crippen LogP) is 2.93. The van der Waals surface area contributed by atoms with Crippen molar-refractivity contribution in [2.24, 2.45) is 5.73 Å². The second-order valence-electron chi connectivity index (χ2n) is 5.98. The molecular formula is C21H20N6O. The molecule has 3 rings (SSSR count). The molecule has 0 radical (unpaired) electrons. The third-order valence-corrected chi connectivity index (χ3v) is 4.06. The van der Waals surface area contributed by atoms with Crippen LogP contribution >= 0.6 is 0 Å². The zero-order valence-corrected chi connectivity index (χ0v) is 15.1. The minimum Gasteiger partial charge on any atom is -0.404 e. The molecule has 2 heterocycles. The van der Waals surface area contributed by atoms with Crippen molar-refractivity contribution in [2.75, 3.05) is 5.32 Å². The van der Waals surface area contributed by atoms with E-state index in [1.54, 1.807) is 37.1 Å². The van der Waals surface area contributed by atoms with E-state index >= 15 is 0 Å². The number of rotatable bonds is 7. The monoisotopic (exact) mass is 372 g/mol. The first kappa shape index (κ1) is 18.8. The van der Waals surface area contributed by atoms with Crippen LogP contribution in [0, 0.1) is 5.41 Å². The summed E-state index contributed by atoms with van der Waals surface area (Å²) in [6.45, 7) is 0.724. The first-order chi connectivity index (χ1) is 13.7. The van der Waals surface area contributed by atoms with Gasteiger partial charge in [-0.2, -0.15) is 0 Å². The molecule has 7 nitrogen and oxygen atoms in total. The van der Waals surface area contributed by atoms with Crippen molar-refractivity contribution in [3.05, 3.63) is 90.4 Å². The van der Waals surface area contributed by atoms with E-state index in [-0.39, 0.29) is 5.91 Å². The van der Waals surface area contributed by atoms with Gasteiger partial charge in [-0.3, -0.25) is 9.78 Å². The molecule has 1 aromatic carbocycles. The minimum absolute atomic E-state index is 0.259. The standard InChI is InChI=1S/C21H20N6O/c22-11-18(12-23)20-7-8-24-13-17(20)3-6-21(28)26-19-4-1-16(2-5-19)14-27-10-9-25-15-27/h1-13,15,22H,14,23H2,(H,26,28)/b6-3+,18-12?,22-11?. The van der Waals surface area contributed by atoms with Crippen LogP contribution in [0.15, 0.2) is 73.7 Å². The molecule has 0 spiro atoms. The number of carbonyl (C=O) groups excluding carboxylic acids is 1. The maximum Gasteiger partial charge on any atom is 0.248 e. The van der Waals surface area contributed by atoms with Crippen LogP contribution in [0.5, 0.6) is 0 Å². The van der Waals surface area contributed by atoms with Crippen LogP contribution in [-0.4, -0.2) is 26.7 Å². The number of hydrogen-bond acceptors (Lipinski definition) is 5. The number of carbonyl (C=O) groups is 1. The number of nitrogens with two attached hydrogens (primary N) is 1. The van der Waals surface area contributed by atoms with Gasteiger partial charge >= 0.3 is 0 Å². The highest BCUT2D eigenvalue weighted by molar-refractivity contribution is 6.10. The third-order valence-electron chi connectivity index (χ3n) is 4.06. The van der Waals surface area contributed by atoms with E-state index in [1.165, 1.54) is 12.3 Å². The van der Waals surface area contributed by atoms with Crippen molar-refractivity contribution >= 4 is 29.5 Å². The second-order valence-corrected chi connectivity index (χ2v) is 5.98. The zero-order valence-electron chi connectivity index (χ0n) is 15.1. The zero-order chi connectivity index (χ0) is 19.8. The number of hydrogen-bond donors (Lipinski definition) is 3. The van der Waals surface area contributed by atoms with Gasteiger partial charge in [-0.05, 0) is 35.4 Å². The van der Waals surface area contributed by atoms with Crippen molar-refractivity contribution in [3.63, 3.8) is 0 Å². The lowest BCUT2D eigenvalue weighted by Crippen LogP contribution is -2.08. The largest absolute Gasteiger partial charge is 0.404 e. The summed E-state index contributed by atoms with van der Waals surface area (Å²) in [5.41, 5.74) is 9.36. The lowest BCUT2D eigenvalue weighted by Gasteiger charge is -2.06. The van der Waals surface area contributed by atoms with E-state index in [0.29, 0.717) is 16.8 Å². The number of imidazole rings is 1. The molecule has 4 N–H and O–H groups in total. The Morgan fingerprint density at radius 2 is 2.00 bits per heavy atom. The summed E-state index contributed by atoms with van der Waals surface area (Å²) < 4.78 is 1.97. The van der Waals surface area contributed by atoms with Crippen LogP contribution in [0.2, 0.25) is 0 Å². The van der Waals surface area contributed by atoms with E-state index in [0.717, 1.165) is 23.9 Å². The van der Waals surface area contributed by atoms with Crippen LogP contribution < -0.4 is 11.1 Å². The lowest BCUT2D eigenvalue weighted by molar-refractivity contribution is -0.111. The number of pyridine rings is 1. The fraction of sp³-hybridized carbons (Fsp3) is 0.0476. The first-order valence-corrected chi connectivity index (χ1v) is 8.60.